The second-order valence-corrected chi connectivity index (χ2v) is 5.93. The molecule has 0 amide bonds. The van der Waals surface area contributed by atoms with E-state index in [-0.39, 0.29) is 5.92 Å². The molecule has 2 atom stereocenters. The number of hydrogen-bond acceptors (Lipinski definition) is 3. The first-order valence-electron chi connectivity index (χ1n) is 7.55. The molecule has 0 saturated carbocycles. The molecular weight excluding hydrogens is 326 g/mol. The summed E-state index contributed by atoms with van der Waals surface area (Å²) in [7, 11) is 0. The fourth-order valence-electron chi connectivity index (χ4n) is 2.64. The van der Waals surface area contributed by atoms with Gasteiger partial charge in [-0.15, -0.1) is 0 Å². The molecule has 0 bridgehead atoms. The summed E-state index contributed by atoms with van der Waals surface area (Å²) in [6.07, 6.45) is 0.598. The summed E-state index contributed by atoms with van der Waals surface area (Å²) in [4.78, 5) is 16.0. The molecule has 122 valence electrons. The van der Waals surface area contributed by atoms with Crippen molar-refractivity contribution in [2.75, 3.05) is 0 Å². The second-order valence-electron chi connectivity index (χ2n) is 5.52. The molecule has 1 heterocycles. The summed E-state index contributed by atoms with van der Waals surface area (Å²) in [5, 5.41) is 10.9. The Morgan fingerprint density at radius 2 is 1.88 bits per heavy atom. The number of hydrogen-bond donors (Lipinski definition) is 1. The van der Waals surface area contributed by atoms with Crippen molar-refractivity contribution in [1.29, 1.82) is 0 Å². The summed E-state index contributed by atoms with van der Waals surface area (Å²) >= 11 is 6.17. The van der Waals surface area contributed by atoms with Crippen LogP contribution in [0.2, 0.25) is 5.02 Å². The summed E-state index contributed by atoms with van der Waals surface area (Å²) in [6, 6.07) is 16.4. The van der Waals surface area contributed by atoms with Crippen LogP contribution in [-0.2, 0) is 4.79 Å². The van der Waals surface area contributed by atoms with Gasteiger partial charge in [0.15, 0.2) is 0 Å². The first-order chi connectivity index (χ1) is 11.6. The lowest BCUT2D eigenvalue weighted by Gasteiger charge is -2.22. The van der Waals surface area contributed by atoms with Crippen LogP contribution in [0, 0.1) is 0 Å². The van der Waals surface area contributed by atoms with Gasteiger partial charge in [-0.3, -0.25) is 4.98 Å². The molecule has 2 aromatic carbocycles. The number of aliphatic carboxylic acids is 1. The largest absolute Gasteiger partial charge is 0.478 e. The van der Waals surface area contributed by atoms with Gasteiger partial charge >= 0.3 is 5.97 Å². The molecule has 0 aliphatic rings. The van der Waals surface area contributed by atoms with E-state index in [1.165, 1.54) is 0 Å². The lowest BCUT2D eigenvalue weighted by molar-refractivity contribution is -0.145. The molecule has 4 nitrogen and oxygen atoms in total. The van der Waals surface area contributed by atoms with E-state index in [2.05, 4.69) is 4.98 Å². The molecule has 3 rings (SSSR count). The van der Waals surface area contributed by atoms with E-state index in [9.17, 15) is 9.90 Å². The van der Waals surface area contributed by atoms with Gasteiger partial charge in [0.1, 0.15) is 11.3 Å². The number of ether oxygens (including phenoxy) is 1. The van der Waals surface area contributed by atoms with Crippen molar-refractivity contribution in [2.24, 2.45) is 0 Å². The van der Waals surface area contributed by atoms with Gasteiger partial charge in [0.05, 0.1) is 5.02 Å². The monoisotopic (exact) mass is 341 g/mol. The van der Waals surface area contributed by atoms with Crippen molar-refractivity contribution < 1.29 is 14.6 Å². The zero-order chi connectivity index (χ0) is 17.1. The van der Waals surface area contributed by atoms with Gasteiger partial charge in [-0.05, 0) is 29.8 Å². The van der Waals surface area contributed by atoms with E-state index >= 15 is 0 Å². The molecule has 5 heteroatoms. The van der Waals surface area contributed by atoms with E-state index in [0.29, 0.717) is 16.3 Å². The molecule has 0 aliphatic heterocycles. The van der Waals surface area contributed by atoms with Crippen LogP contribution in [0.25, 0.3) is 10.9 Å². The Bertz CT molecular complexity index is 867. The number of carboxylic acids is 1. The van der Waals surface area contributed by atoms with E-state index in [1.54, 1.807) is 24.4 Å². The van der Waals surface area contributed by atoms with Crippen molar-refractivity contribution in [3.05, 3.63) is 71.4 Å². The minimum atomic E-state index is -1.03. The number of fused-ring (bicyclic) bond motifs is 1. The molecule has 0 spiro atoms. The highest BCUT2D eigenvalue weighted by Crippen LogP contribution is 2.32. The standard InChI is InChI=1S/C19H16ClNO3/c1-12(13-6-3-2-4-7-13)18(19(22)23)24-16-10-9-15(20)14-8-5-11-21-17(14)16/h2-12,18H,1H3,(H,22,23). The third kappa shape index (κ3) is 3.19. The zero-order valence-corrected chi connectivity index (χ0v) is 13.8. The third-order valence-electron chi connectivity index (χ3n) is 3.96. The average molecular weight is 342 g/mol. The number of benzene rings is 2. The molecule has 1 aromatic heterocycles. The van der Waals surface area contributed by atoms with Gasteiger partial charge in [0.25, 0.3) is 0 Å². The minimum Gasteiger partial charge on any atom is -0.478 e. The molecule has 0 saturated heterocycles. The van der Waals surface area contributed by atoms with E-state index in [0.717, 1.165) is 10.9 Å². The van der Waals surface area contributed by atoms with Crippen LogP contribution < -0.4 is 4.74 Å². The molecule has 0 aliphatic carbocycles. The Kier molecular flexibility index (Phi) is 4.67. The van der Waals surface area contributed by atoms with E-state index in [4.69, 9.17) is 16.3 Å². The van der Waals surface area contributed by atoms with Crippen LogP contribution in [-0.4, -0.2) is 22.2 Å². The van der Waals surface area contributed by atoms with E-state index < -0.39 is 12.1 Å². The third-order valence-corrected chi connectivity index (χ3v) is 4.29. The summed E-state index contributed by atoms with van der Waals surface area (Å²) in [5.74, 6) is -0.936. The van der Waals surface area contributed by atoms with Crippen LogP contribution in [0.15, 0.2) is 60.8 Å². The topological polar surface area (TPSA) is 59.4 Å². The normalized spacial score (nSPS) is 13.4. The summed E-state index contributed by atoms with van der Waals surface area (Å²) in [6.45, 7) is 1.83. The fraction of sp³-hybridized carbons (Fsp3) is 0.158. The van der Waals surface area contributed by atoms with Crippen LogP contribution >= 0.6 is 11.6 Å². The minimum absolute atomic E-state index is 0.321. The molecule has 0 fully saturated rings. The second kappa shape index (κ2) is 6.89. The van der Waals surface area contributed by atoms with Gasteiger partial charge in [-0.1, -0.05) is 48.9 Å². The predicted molar refractivity (Wildman–Crippen MR) is 93.7 cm³/mol. The maximum Gasteiger partial charge on any atom is 0.345 e. The van der Waals surface area contributed by atoms with Crippen molar-refractivity contribution in [3.8, 4) is 5.75 Å². The molecule has 1 N–H and O–H groups in total. The Balaban J connectivity index is 1.98. The van der Waals surface area contributed by atoms with Crippen LogP contribution in [0.3, 0.4) is 0 Å². The molecule has 0 radical (unpaired) electrons. The predicted octanol–water partition coefficient (Wildman–Crippen LogP) is 4.52. The summed E-state index contributed by atoms with van der Waals surface area (Å²) in [5.41, 5.74) is 1.45. The van der Waals surface area contributed by atoms with Crippen molar-refractivity contribution >= 4 is 28.5 Å². The van der Waals surface area contributed by atoms with Crippen LogP contribution in [0.1, 0.15) is 18.4 Å². The molecule has 3 aromatic rings. The lowest BCUT2D eigenvalue weighted by atomic mass is 9.95. The fourth-order valence-corrected chi connectivity index (χ4v) is 2.86. The highest BCUT2D eigenvalue weighted by molar-refractivity contribution is 6.35. The SMILES string of the molecule is CC(c1ccccc1)C(Oc1ccc(Cl)c2cccnc12)C(=O)O. The van der Waals surface area contributed by atoms with Gasteiger partial charge in [0.2, 0.25) is 6.10 Å². The first kappa shape index (κ1) is 16.3. The number of carbonyl (C=O) groups is 1. The van der Waals surface area contributed by atoms with Crippen LogP contribution in [0.5, 0.6) is 5.75 Å². The molecule has 2 unspecified atom stereocenters. The van der Waals surface area contributed by atoms with Gasteiger partial charge in [-0.2, -0.15) is 0 Å². The number of pyridine rings is 1. The Morgan fingerprint density at radius 1 is 1.12 bits per heavy atom. The Hall–Kier alpha value is -2.59. The number of nitrogens with zero attached hydrogens (tertiary/aromatic N) is 1. The lowest BCUT2D eigenvalue weighted by Crippen LogP contribution is -2.32. The van der Waals surface area contributed by atoms with Gasteiger partial charge in [-0.25, -0.2) is 4.79 Å². The number of carboxylic acid groups (broad SMARTS) is 1. The van der Waals surface area contributed by atoms with Crippen molar-refractivity contribution in [2.45, 2.75) is 18.9 Å². The van der Waals surface area contributed by atoms with Crippen LogP contribution in [0.4, 0.5) is 0 Å². The molecule has 24 heavy (non-hydrogen) atoms. The van der Waals surface area contributed by atoms with Gasteiger partial charge < -0.3 is 9.84 Å². The highest BCUT2D eigenvalue weighted by Gasteiger charge is 2.28. The highest BCUT2D eigenvalue weighted by atomic mass is 35.5. The number of aromatic nitrogens is 1. The summed E-state index contributed by atoms with van der Waals surface area (Å²) < 4.78 is 5.84. The quantitative estimate of drug-likeness (QED) is 0.741. The van der Waals surface area contributed by atoms with Crippen molar-refractivity contribution in [1.82, 2.24) is 4.98 Å². The van der Waals surface area contributed by atoms with E-state index in [1.807, 2.05) is 43.3 Å². The zero-order valence-electron chi connectivity index (χ0n) is 13.0. The number of halogens is 1. The Morgan fingerprint density at radius 3 is 2.58 bits per heavy atom. The maximum atomic E-state index is 11.8. The van der Waals surface area contributed by atoms with Gasteiger partial charge in [0, 0.05) is 17.5 Å². The number of rotatable bonds is 5. The first-order valence-corrected chi connectivity index (χ1v) is 7.93. The van der Waals surface area contributed by atoms with Crippen molar-refractivity contribution in [3.63, 3.8) is 0 Å². The average Bonchev–Trinajstić information content (AvgIpc) is 2.61. The smallest absolute Gasteiger partial charge is 0.345 e. The maximum absolute atomic E-state index is 11.8. The molecular formula is C19H16ClNO3. The Labute approximate surface area is 144 Å².